The van der Waals surface area contributed by atoms with Crippen LogP contribution in [0, 0.1) is 25.6 Å². The number of aromatic nitrogens is 4. The zero-order chi connectivity index (χ0) is 21.0. The van der Waals surface area contributed by atoms with Gasteiger partial charge in [-0.2, -0.15) is 0 Å². The van der Waals surface area contributed by atoms with Gasteiger partial charge in [0.25, 0.3) is 5.91 Å². The van der Waals surface area contributed by atoms with E-state index in [9.17, 15) is 9.18 Å². The molecule has 0 atom stereocenters. The monoisotopic (exact) mass is 433 g/mol. The molecule has 0 saturated heterocycles. The van der Waals surface area contributed by atoms with Crippen molar-refractivity contribution in [3.05, 3.63) is 57.0 Å². The molecule has 9 heteroatoms. The number of nitrogens with zero attached hydrogens (tertiary/aromatic N) is 4. The van der Waals surface area contributed by atoms with Crippen molar-refractivity contribution >= 4 is 29.0 Å². The number of rotatable bonds is 8. The van der Waals surface area contributed by atoms with Crippen molar-refractivity contribution in [2.45, 2.75) is 51.7 Å². The molecule has 0 aliphatic carbocycles. The van der Waals surface area contributed by atoms with Crippen LogP contribution in [-0.4, -0.2) is 25.7 Å². The highest BCUT2D eigenvalue weighted by Crippen LogP contribution is 2.26. The lowest BCUT2D eigenvalue weighted by molar-refractivity contribution is 0.0950. The highest BCUT2D eigenvalue weighted by atomic mass is 32.2. The molecule has 29 heavy (non-hydrogen) atoms. The van der Waals surface area contributed by atoms with Crippen LogP contribution in [0.1, 0.15) is 45.6 Å². The average molecular weight is 434 g/mol. The summed E-state index contributed by atoms with van der Waals surface area (Å²) in [5, 5.41) is 13.0. The molecule has 0 radical (unpaired) electrons. The second kappa shape index (κ2) is 9.49. The quantitative estimate of drug-likeness (QED) is 0.534. The Bertz CT molecular complexity index is 981. The number of halogens is 1. The minimum absolute atomic E-state index is 0.281. The summed E-state index contributed by atoms with van der Waals surface area (Å²) in [6, 6.07) is 6.02. The fraction of sp³-hybridized carbons (Fsp3) is 0.400. The molecule has 0 unspecified atom stereocenters. The van der Waals surface area contributed by atoms with E-state index in [0.29, 0.717) is 23.2 Å². The number of thioether (sulfide) groups is 1. The van der Waals surface area contributed by atoms with E-state index in [4.69, 9.17) is 0 Å². The van der Waals surface area contributed by atoms with Gasteiger partial charge in [0.05, 0.1) is 11.4 Å². The number of hydrogen-bond acceptors (Lipinski definition) is 6. The molecule has 0 aliphatic rings. The first-order valence-corrected chi connectivity index (χ1v) is 11.1. The number of benzene rings is 1. The van der Waals surface area contributed by atoms with Gasteiger partial charge in [0.1, 0.15) is 10.8 Å². The lowest BCUT2D eigenvalue weighted by atomic mass is 10.2. The summed E-state index contributed by atoms with van der Waals surface area (Å²) in [5.41, 5.74) is 3.04. The van der Waals surface area contributed by atoms with Crippen molar-refractivity contribution in [3.63, 3.8) is 0 Å². The molecule has 2 aromatic heterocycles. The van der Waals surface area contributed by atoms with E-state index in [1.165, 1.54) is 29.2 Å². The fourth-order valence-electron chi connectivity index (χ4n) is 2.70. The number of hydrogen-bond donors (Lipinski definition) is 1. The minimum atomic E-state index is -0.300. The number of amides is 1. The summed E-state index contributed by atoms with van der Waals surface area (Å²) in [4.78, 5) is 17.0. The van der Waals surface area contributed by atoms with Gasteiger partial charge in [0, 0.05) is 18.8 Å². The Kier molecular flexibility index (Phi) is 7.02. The molecule has 154 valence electrons. The van der Waals surface area contributed by atoms with E-state index in [2.05, 4.69) is 45.8 Å². The summed E-state index contributed by atoms with van der Waals surface area (Å²) in [6.07, 6.45) is 0. The predicted molar refractivity (Wildman–Crippen MR) is 114 cm³/mol. The molecule has 0 bridgehead atoms. The zero-order valence-corrected chi connectivity index (χ0v) is 18.5. The molecule has 1 amide bonds. The first kappa shape index (κ1) is 21.4. The molecule has 2 heterocycles. The van der Waals surface area contributed by atoms with E-state index in [-0.39, 0.29) is 11.7 Å². The Labute approximate surface area is 178 Å². The van der Waals surface area contributed by atoms with Crippen molar-refractivity contribution in [1.82, 2.24) is 25.1 Å². The van der Waals surface area contributed by atoms with Crippen LogP contribution in [0.3, 0.4) is 0 Å². The molecule has 3 aromatic rings. The van der Waals surface area contributed by atoms with E-state index in [0.717, 1.165) is 28.0 Å². The lowest BCUT2D eigenvalue weighted by Gasteiger charge is -2.11. The summed E-state index contributed by atoms with van der Waals surface area (Å²) in [7, 11) is 0. The van der Waals surface area contributed by atoms with Crippen molar-refractivity contribution in [2.24, 2.45) is 5.92 Å². The Balaban J connectivity index is 1.58. The van der Waals surface area contributed by atoms with E-state index in [1.54, 1.807) is 23.9 Å². The maximum absolute atomic E-state index is 12.9. The highest BCUT2D eigenvalue weighted by Gasteiger charge is 2.16. The van der Waals surface area contributed by atoms with Gasteiger partial charge in [-0.15, -0.1) is 10.2 Å². The van der Waals surface area contributed by atoms with Crippen molar-refractivity contribution in [1.29, 1.82) is 0 Å². The van der Waals surface area contributed by atoms with Crippen LogP contribution in [0.25, 0.3) is 0 Å². The van der Waals surface area contributed by atoms with Gasteiger partial charge in [0.15, 0.2) is 5.16 Å². The van der Waals surface area contributed by atoms with Crippen LogP contribution < -0.4 is 5.32 Å². The molecule has 3 rings (SSSR count). The summed E-state index contributed by atoms with van der Waals surface area (Å²) in [5.74, 6) is 0.554. The number of carbonyl (C=O) groups is 1. The number of carbonyl (C=O) groups excluding carboxylic acids is 1. The Morgan fingerprint density at radius 3 is 2.66 bits per heavy atom. The molecule has 0 spiro atoms. The van der Waals surface area contributed by atoms with Crippen LogP contribution in [-0.2, 0) is 18.8 Å². The highest BCUT2D eigenvalue weighted by molar-refractivity contribution is 7.98. The van der Waals surface area contributed by atoms with Crippen LogP contribution in [0.5, 0.6) is 0 Å². The number of nitrogens with one attached hydrogen (secondary N) is 1. The van der Waals surface area contributed by atoms with Crippen LogP contribution >= 0.6 is 23.1 Å². The van der Waals surface area contributed by atoms with Gasteiger partial charge in [0.2, 0.25) is 5.01 Å². The molecular formula is C20H24FN5OS2. The lowest BCUT2D eigenvalue weighted by Crippen LogP contribution is -2.22. The summed E-state index contributed by atoms with van der Waals surface area (Å²) >= 11 is 2.88. The number of imidazole rings is 1. The van der Waals surface area contributed by atoms with E-state index < -0.39 is 0 Å². The molecule has 1 N–H and O–H groups in total. The smallest absolute Gasteiger partial charge is 0.282 e. The van der Waals surface area contributed by atoms with Gasteiger partial charge in [-0.25, -0.2) is 9.37 Å². The van der Waals surface area contributed by atoms with Crippen LogP contribution in [0.15, 0.2) is 29.4 Å². The zero-order valence-electron chi connectivity index (χ0n) is 16.9. The second-order valence-corrected chi connectivity index (χ2v) is 9.17. The standard InChI is InChI=1S/C20H24FN5OS2/c1-12(2)10-26-14(4)13(3)23-20(26)28-11-17-24-25-19(29-17)18(27)22-9-15-5-7-16(21)8-6-15/h5-8,12H,9-11H2,1-4H3,(H,22,27). The molecule has 6 nitrogen and oxygen atoms in total. The average Bonchev–Trinajstić information content (AvgIpc) is 3.26. The Morgan fingerprint density at radius 2 is 1.97 bits per heavy atom. The minimum Gasteiger partial charge on any atom is -0.346 e. The first-order valence-electron chi connectivity index (χ1n) is 9.35. The van der Waals surface area contributed by atoms with Crippen molar-refractivity contribution in [3.8, 4) is 0 Å². The third-order valence-corrected chi connectivity index (χ3v) is 6.42. The van der Waals surface area contributed by atoms with Gasteiger partial charge in [-0.1, -0.05) is 49.1 Å². The van der Waals surface area contributed by atoms with Crippen LogP contribution in [0.4, 0.5) is 4.39 Å². The van der Waals surface area contributed by atoms with Crippen molar-refractivity contribution < 1.29 is 9.18 Å². The Hall–Kier alpha value is -2.26. The molecule has 1 aromatic carbocycles. The predicted octanol–water partition coefficient (Wildman–Crippen LogP) is 4.37. The second-order valence-electron chi connectivity index (χ2n) is 7.17. The third-order valence-electron chi connectivity index (χ3n) is 4.32. The van der Waals surface area contributed by atoms with Gasteiger partial charge in [-0.05, 0) is 37.5 Å². The third kappa shape index (κ3) is 5.63. The maximum Gasteiger partial charge on any atom is 0.282 e. The maximum atomic E-state index is 12.9. The van der Waals surface area contributed by atoms with Gasteiger partial charge >= 0.3 is 0 Å². The molecule has 0 aliphatic heterocycles. The molecule has 0 fully saturated rings. The molecular weight excluding hydrogens is 409 g/mol. The topological polar surface area (TPSA) is 72.7 Å². The van der Waals surface area contributed by atoms with E-state index in [1.807, 2.05) is 6.92 Å². The van der Waals surface area contributed by atoms with Crippen LogP contribution in [0.2, 0.25) is 0 Å². The summed E-state index contributed by atoms with van der Waals surface area (Å²) in [6.45, 7) is 9.71. The van der Waals surface area contributed by atoms with Crippen molar-refractivity contribution in [2.75, 3.05) is 0 Å². The summed E-state index contributed by atoms with van der Waals surface area (Å²) < 4.78 is 15.2. The molecule has 0 saturated carbocycles. The van der Waals surface area contributed by atoms with Gasteiger partial charge < -0.3 is 9.88 Å². The SMILES string of the molecule is Cc1nc(SCc2nnc(C(=O)NCc3ccc(F)cc3)s2)n(CC(C)C)c1C. The normalized spacial score (nSPS) is 11.2. The number of aryl methyl sites for hydroxylation is 1. The first-order chi connectivity index (χ1) is 13.8. The van der Waals surface area contributed by atoms with E-state index >= 15 is 0 Å². The fourth-order valence-corrected chi connectivity index (χ4v) is 4.55. The van der Waals surface area contributed by atoms with Gasteiger partial charge in [-0.3, -0.25) is 4.79 Å². The largest absolute Gasteiger partial charge is 0.346 e. The Morgan fingerprint density at radius 1 is 1.24 bits per heavy atom.